The van der Waals surface area contributed by atoms with Crippen molar-refractivity contribution in [3.05, 3.63) is 0 Å². The number of ether oxygens (including phenoxy) is 3. The molecule has 0 aliphatic carbocycles. The maximum atomic E-state index is 12.7. The van der Waals surface area contributed by atoms with Gasteiger partial charge in [-0.05, 0) is 25.2 Å². The molecule has 0 saturated heterocycles. The van der Waals surface area contributed by atoms with Gasteiger partial charge in [-0.3, -0.25) is 14.4 Å². The predicted molar refractivity (Wildman–Crippen MR) is 266 cm³/mol. The second-order valence-corrected chi connectivity index (χ2v) is 19.7. The summed E-state index contributed by atoms with van der Waals surface area (Å²) in [5, 5.41) is 0. The van der Waals surface area contributed by atoms with Crippen molar-refractivity contribution in [2.75, 3.05) is 13.2 Å². The van der Waals surface area contributed by atoms with Gasteiger partial charge >= 0.3 is 17.9 Å². The van der Waals surface area contributed by atoms with Crippen molar-refractivity contribution in [1.29, 1.82) is 0 Å². The molecule has 368 valence electrons. The number of esters is 3. The number of carbonyl (C=O) groups excluding carboxylic acids is 3. The lowest BCUT2D eigenvalue weighted by molar-refractivity contribution is -0.167. The van der Waals surface area contributed by atoms with Crippen molar-refractivity contribution >= 4 is 17.9 Å². The number of hydrogen-bond donors (Lipinski definition) is 0. The number of unbranched alkanes of at least 4 members (excludes halogenated alkanes) is 38. The van der Waals surface area contributed by atoms with Crippen LogP contribution < -0.4 is 0 Å². The molecule has 0 heterocycles. The molecule has 0 amide bonds. The number of carbonyl (C=O) groups is 3. The Morgan fingerprint density at radius 2 is 0.532 bits per heavy atom. The third kappa shape index (κ3) is 49.4. The Bertz CT molecular complexity index is 933. The van der Waals surface area contributed by atoms with Gasteiger partial charge in [0.05, 0.1) is 0 Å². The zero-order valence-electron chi connectivity index (χ0n) is 42.3. The minimum absolute atomic E-state index is 0.0625. The normalized spacial score (nSPS) is 12.0. The highest BCUT2D eigenvalue weighted by atomic mass is 16.6. The standard InChI is InChI=1S/C56H108O6/c1-5-7-9-11-13-15-16-17-18-19-20-21-22-25-28-32-35-39-43-47-54(57)60-50-53(62-56(59)49-45-41-37-30-14-12-10-8-6-2)51-61-55(58)48-44-40-36-33-29-26-23-24-27-31-34-38-42-46-52(3)4/h52-53H,5-51H2,1-4H3/t53-/m0/s1. The molecule has 0 aromatic rings. The van der Waals surface area contributed by atoms with E-state index in [1.165, 1.54) is 212 Å². The van der Waals surface area contributed by atoms with Gasteiger partial charge in [0.2, 0.25) is 0 Å². The molecule has 0 unspecified atom stereocenters. The van der Waals surface area contributed by atoms with Gasteiger partial charge in [0.1, 0.15) is 13.2 Å². The molecule has 0 saturated carbocycles. The molecule has 1 atom stereocenters. The van der Waals surface area contributed by atoms with Crippen LogP contribution in [0.1, 0.15) is 317 Å². The van der Waals surface area contributed by atoms with Crippen LogP contribution in [0.15, 0.2) is 0 Å². The lowest BCUT2D eigenvalue weighted by Gasteiger charge is -2.18. The van der Waals surface area contributed by atoms with Gasteiger partial charge in [0, 0.05) is 19.3 Å². The van der Waals surface area contributed by atoms with Crippen LogP contribution in [0.25, 0.3) is 0 Å². The van der Waals surface area contributed by atoms with Crippen LogP contribution >= 0.6 is 0 Å². The Labute approximate surface area is 387 Å². The summed E-state index contributed by atoms with van der Waals surface area (Å²) in [6, 6.07) is 0. The summed E-state index contributed by atoms with van der Waals surface area (Å²) >= 11 is 0. The van der Waals surface area contributed by atoms with Gasteiger partial charge in [0.25, 0.3) is 0 Å². The van der Waals surface area contributed by atoms with Crippen LogP contribution in [0, 0.1) is 5.92 Å². The van der Waals surface area contributed by atoms with Crippen molar-refractivity contribution in [3.63, 3.8) is 0 Å². The quantitative estimate of drug-likeness (QED) is 0.0344. The molecule has 0 fully saturated rings. The van der Waals surface area contributed by atoms with E-state index in [4.69, 9.17) is 14.2 Å². The first-order valence-electron chi connectivity index (χ1n) is 27.9. The summed E-state index contributed by atoms with van der Waals surface area (Å²) in [6.45, 7) is 9.03. The summed E-state index contributed by atoms with van der Waals surface area (Å²) in [5.74, 6) is -0.00265. The predicted octanol–water partition coefficient (Wildman–Crippen LogP) is 18.2. The van der Waals surface area contributed by atoms with Gasteiger partial charge in [-0.25, -0.2) is 0 Å². The molecule has 6 nitrogen and oxygen atoms in total. The van der Waals surface area contributed by atoms with E-state index in [0.29, 0.717) is 19.3 Å². The highest BCUT2D eigenvalue weighted by molar-refractivity contribution is 5.71. The first-order valence-corrected chi connectivity index (χ1v) is 27.9. The molecule has 0 spiro atoms. The van der Waals surface area contributed by atoms with Crippen LogP contribution in [-0.2, 0) is 28.6 Å². The van der Waals surface area contributed by atoms with E-state index in [-0.39, 0.29) is 31.1 Å². The van der Waals surface area contributed by atoms with E-state index in [9.17, 15) is 14.4 Å². The first-order chi connectivity index (χ1) is 30.4. The van der Waals surface area contributed by atoms with Crippen LogP contribution in [0.2, 0.25) is 0 Å². The zero-order chi connectivity index (χ0) is 45.2. The average Bonchev–Trinajstić information content (AvgIpc) is 3.26. The minimum atomic E-state index is -0.760. The molecule has 0 aromatic carbocycles. The molecule has 0 N–H and O–H groups in total. The maximum absolute atomic E-state index is 12.7. The molecular weight excluding hydrogens is 769 g/mol. The van der Waals surface area contributed by atoms with E-state index < -0.39 is 6.10 Å². The van der Waals surface area contributed by atoms with Crippen LogP contribution in [-0.4, -0.2) is 37.2 Å². The van der Waals surface area contributed by atoms with Crippen molar-refractivity contribution in [2.45, 2.75) is 323 Å². The van der Waals surface area contributed by atoms with Crippen LogP contribution in [0.5, 0.6) is 0 Å². The van der Waals surface area contributed by atoms with Gasteiger partial charge < -0.3 is 14.2 Å². The summed E-state index contributed by atoms with van der Waals surface area (Å²) < 4.78 is 16.8. The topological polar surface area (TPSA) is 78.9 Å². The highest BCUT2D eigenvalue weighted by Gasteiger charge is 2.19. The Morgan fingerprint density at radius 1 is 0.306 bits per heavy atom. The molecule has 0 aliphatic heterocycles. The molecular formula is C56H108O6. The van der Waals surface area contributed by atoms with E-state index in [1.807, 2.05) is 0 Å². The van der Waals surface area contributed by atoms with E-state index >= 15 is 0 Å². The Balaban J connectivity index is 4.18. The summed E-state index contributed by atoms with van der Waals surface area (Å²) in [4.78, 5) is 38.0. The third-order valence-corrected chi connectivity index (χ3v) is 12.8. The third-order valence-electron chi connectivity index (χ3n) is 12.8. The monoisotopic (exact) mass is 877 g/mol. The van der Waals surface area contributed by atoms with Crippen molar-refractivity contribution < 1.29 is 28.6 Å². The summed E-state index contributed by atoms with van der Waals surface area (Å²) in [7, 11) is 0. The Morgan fingerprint density at radius 3 is 0.790 bits per heavy atom. The lowest BCUT2D eigenvalue weighted by atomic mass is 10.0. The molecule has 0 bridgehead atoms. The molecule has 6 heteroatoms. The van der Waals surface area contributed by atoms with Crippen molar-refractivity contribution in [3.8, 4) is 0 Å². The van der Waals surface area contributed by atoms with E-state index in [0.717, 1.165) is 63.7 Å². The maximum Gasteiger partial charge on any atom is 0.306 e. The Kier molecular flexibility index (Phi) is 49.1. The molecule has 0 aromatic heterocycles. The Hall–Kier alpha value is -1.59. The number of hydrogen-bond acceptors (Lipinski definition) is 6. The van der Waals surface area contributed by atoms with Gasteiger partial charge in [0.15, 0.2) is 6.10 Å². The molecule has 62 heavy (non-hydrogen) atoms. The van der Waals surface area contributed by atoms with E-state index in [1.54, 1.807) is 0 Å². The van der Waals surface area contributed by atoms with Crippen molar-refractivity contribution in [1.82, 2.24) is 0 Å². The fourth-order valence-electron chi connectivity index (χ4n) is 8.57. The summed E-state index contributed by atoms with van der Waals surface area (Å²) in [5.41, 5.74) is 0. The van der Waals surface area contributed by atoms with E-state index in [2.05, 4.69) is 27.7 Å². The van der Waals surface area contributed by atoms with Crippen LogP contribution in [0.3, 0.4) is 0 Å². The second-order valence-electron chi connectivity index (χ2n) is 19.7. The first kappa shape index (κ1) is 60.4. The fourth-order valence-corrected chi connectivity index (χ4v) is 8.57. The average molecular weight is 877 g/mol. The SMILES string of the molecule is CCCCCCCCCCCCCCCCCCCCCC(=O)OC[C@@H](COC(=O)CCCCCCCCCCCCCCCC(C)C)OC(=O)CCCCCCCCCCC. The van der Waals surface area contributed by atoms with Gasteiger partial charge in [-0.2, -0.15) is 0 Å². The minimum Gasteiger partial charge on any atom is -0.462 e. The smallest absolute Gasteiger partial charge is 0.306 e. The zero-order valence-corrected chi connectivity index (χ0v) is 42.3. The number of rotatable bonds is 51. The summed E-state index contributed by atoms with van der Waals surface area (Å²) in [6.07, 6.45) is 53.9. The molecule has 0 aliphatic rings. The lowest BCUT2D eigenvalue weighted by Crippen LogP contribution is -2.30. The van der Waals surface area contributed by atoms with Crippen molar-refractivity contribution in [2.24, 2.45) is 5.92 Å². The fraction of sp³-hybridized carbons (Fsp3) is 0.946. The van der Waals surface area contributed by atoms with Gasteiger partial charge in [-0.15, -0.1) is 0 Å². The van der Waals surface area contributed by atoms with Gasteiger partial charge in [-0.1, -0.05) is 278 Å². The highest BCUT2D eigenvalue weighted by Crippen LogP contribution is 2.18. The largest absolute Gasteiger partial charge is 0.462 e. The van der Waals surface area contributed by atoms with Crippen LogP contribution in [0.4, 0.5) is 0 Å². The molecule has 0 radical (unpaired) electrons. The molecule has 0 rings (SSSR count). The second kappa shape index (κ2) is 50.4.